The summed E-state index contributed by atoms with van der Waals surface area (Å²) in [7, 11) is 0. The highest BCUT2D eigenvalue weighted by Crippen LogP contribution is 2.34. The highest BCUT2D eigenvalue weighted by atomic mass is 79.9. The minimum atomic E-state index is -0.979. The molecule has 1 heterocycles. The number of hydrogen-bond donors (Lipinski definition) is 1. The van der Waals surface area contributed by atoms with Gasteiger partial charge in [-0.2, -0.15) is 9.78 Å². The lowest BCUT2D eigenvalue weighted by Crippen LogP contribution is -2.22. The van der Waals surface area contributed by atoms with Gasteiger partial charge in [0.1, 0.15) is 12.4 Å². The van der Waals surface area contributed by atoms with Crippen molar-refractivity contribution in [2.45, 2.75) is 39.7 Å². The van der Waals surface area contributed by atoms with Gasteiger partial charge in [0.2, 0.25) is 0 Å². The summed E-state index contributed by atoms with van der Waals surface area (Å²) in [5, 5.41) is 14.2. The molecule has 1 aromatic heterocycles. The molecule has 1 N–H and O–H groups in total. The van der Waals surface area contributed by atoms with Crippen LogP contribution in [0.2, 0.25) is 0 Å². The number of carbonyl (C=O) groups is 1. The first-order valence-electron chi connectivity index (χ1n) is 13.0. The number of aromatic carboxylic acids is 1. The van der Waals surface area contributed by atoms with Crippen LogP contribution in [0.25, 0.3) is 10.9 Å². The molecule has 3 aromatic carbocycles. The lowest BCUT2D eigenvalue weighted by Gasteiger charge is -2.17. The molecule has 0 radical (unpaired) electrons. The number of fused-ring (bicyclic) bond motifs is 1. The zero-order chi connectivity index (χ0) is 28.6. The smallest absolute Gasteiger partial charge is 0.335 e. The first kappa shape index (κ1) is 28.8. The zero-order valence-corrected chi connectivity index (χ0v) is 24.0. The second-order valence-electron chi connectivity index (χ2n) is 9.02. The Hall–Kier alpha value is -4.24. The minimum absolute atomic E-state index is 0.213. The van der Waals surface area contributed by atoms with Crippen LogP contribution in [0.4, 0.5) is 0 Å². The van der Waals surface area contributed by atoms with Crippen molar-refractivity contribution in [3.05, 3.63) is 110 Å². The van der Waals surface area contributed by atoms with Crippen molar-refractivity contribution >= 4 is 39.0 Å². The molecule has 0 aliphatic heterocycles. The van der Waals surface area contributed by atoms with E-state index in [1.165, 1.54) is 4.68 Å². The van der Waals surface area contributed by atoms with Crippen LogP contribution < -0.4 is 15.0 Å². The van der Waals surface area contributed by atoms with Crippen LogP contribution >= 0.6 is 15.9 Å². The molecule has 0 fully saturated rings. The third kappa shape index (κ3) is 6.66. The fourth-order valence-electron chi connectivity index (χ4n) is 4.21. The topological polar surface area (TPSA) is 103 Å². The third-order valence-electron chi connectivity index (χ3n) is 6.07. The Labute approximate surface area is 240 Å². The predicted octanol–water partition coefficient (Wildman–Crippen LogP) is 6.40. The molecule has 0 amide bonds. The second kappa shape index (κ2) is 13.2. The summed E-state index contributed by atoms with van der Waals surface area (Å²) in [5.41, 5.74) is 2.99. The number of aryl methyl sites for hydroxylation is 1. The zero-order valence-electron chi connectivity index (χ0n) is 22.4. The van der Waals surface area contributed by atoms with Crippen molar-refractivity contribution in [3.8, 4) is 11.5 Å². The van der Waals surface area contributed by atoms with Crippen LogP contribution in [0.3, 0.4) is 0 Å². The predicted molar refractivity (Wildman–Crippen MR) is 160 cm³/mol. The van der Waals surface area contributed by atoms with E-state index in [0.717, 1.165) is 27.6 Å². The molecule has 8 nitrogen and oxygen atoms in total. The van der Waals surface area contributed by atoms with Crippen molar-refractivity contribution in [1.29, 1.82) is 0 Å². The highest BCUT2D eigenvalue weighted by Gasteiger charge is 2.15. The molecular weight excluding hydrogens is 574 g/mol. The van der Waals surface area contributed by atoms with E-state index in [-0.39, 0.29) is 17.7 Å². The van der Waals surface area contributed by atoms with E-state index in [1.54, 1.807) is 42.6 Å². The molecule has 0 atom stereocenters. The van der Waals surface area contributed by atoms with Crippen LogP contribution in [0.1, 0.15) is 53.1 Å². The number of aromatic nitrogens is 2. The lowest BCUT2D eigenvalue weighted by molar-refractivity contribution is 0.0697. The first-order chi connectivity index (χ1) is 19.3. The maximum atomic E-state index is 13.4. The number of halogens is 1. The second-order valence-corrected chi connectivity index (χ2v) is 9.94. The number of benzene rings is 3. The Morgan fingerprint density at radius 1 is 1.12 bits per heavy atom. The van der Waals surface area contributed by atoms with Gasteiger partial charge in [-0.15, -0.1) is 6.58 Å². The summed E-state index contributed by atoms with van der Waals surface area (Å²) in [6, 6.07) is 15.7. The third-order valence-corrected chi connectivity index (χ3v) is 6.57. The summed E-state index contributed by atoms with van der Waals surface area (Å²) in [4.78, 5) is 29.2. The molecule has 0 saturated carbocycles. The van der Waals surface area contributed by atoms with E-state index in [0.29, 0.717) is 47.7 Å². The van der Waals surface area contributed by atoms with E-state index in [9.17, 15) is 9.59 Å². The Bertz CT molecular complexity index is 1630. The van der Waals surface area contributed by atoms with Gasteiger partial charge in [0, 0.05) is 16.5 Å². The van der Waals surface area contributed by atoms with Gasteiger partial charge in [0.25, 0.3) is 5.56 Å². The van der Waals surface area contributed by atoms with E-state index in [1.807, 2.05) is 38.1 Å². The monoisotopic (exact) mass is 603 g/mol. The van der Waals surface area contributed by atoms with Gasteiger partial charge in [-0.3, -0.25) is 4.79 Å². The molecule has 0 unspecified atom stereocenters. The van der Waals surface area contributed by atoms with Crippen LogP contribution in [0.5, 0.6) is 11.5 Å². The normalized spacial score (nSPS) is 11.2. The molecule has 0 aliphatic carbocycles. The summed E-state index contributed by atoms with van der Waals surface area (Å²) in [6.07, 6.45) is 5.32. The standard InChI is InChI=1S/C31H30BrN3O5/c1-4-7-23-15-21(16-27(39-6-3)29(23)40-19-20-9-11-22(12-10-20)31(37)38)18-33-35-28(8-5-2)34-26-14-13-24(32)17-25(26)30(35)36/h4,9-18H,1,5-8,19H2,2-3H3,(H,37,38). The fraction of sp³-hybridized carbons (Fsp3) is 0.226. The maximum absolute atomic E-state index is 13.4. The van der Waals surface area contributed by atoms with Crippen molar-refractivity contribution in [1.82, 2.24) is 9.66 Å². The number of ether oxygens (including phenoxy) is 2. The molecule has 206 valence electrons. The van der Waals surface area contributed by atoms with Gasteiger partial charge in [0.15, 0.2) is 11.5 Å². The SMILES string of the molecule is C=CCc1cc(C=Nn2c(CCC)nc3ccc(Br)cc3c2=O)cc(OCC)c1OCc1ccc(C(=O)O)cc1. The Morgan fingerprint density at radius 3 is 2.58 bits per heavy atom. The minimum Gasteiger partial charge on any atom is -0.490 e. The number of carboxylic acid groups (broad SMARTS) is 1. The molecule has 9 heteroatoms. The van der Waals surface area contributed by atoms with E-state index >= 15 is 0 Å². The van der Waals surface area contributed by atoms with E-state index in [2.05, 4.69) is 27.6 Å². The summed E-state index contributed by atoms with van der Waals surface area (Å²) in [5.74, 6) is 0.714. The van der Waals surface area contributed by atoms with Crippen molar-refractivity contribution in [3.63, 3.8) is 0 Å². The average Bonchev–Trinajstić information content (AvgIpc) is 2.93. The number of nitrogens with zero attached hydrogens (tertiary/aromatic N) is 3. The van der Waals surface area contributed by atoms with E-state index in [4.69, 9.17) is 19.6 Å². The van der Waals surface area contributed by atoms with Crippen molar-refractivity contribution in [2.75, 3.05) is 6.61 Å². The van der Waals surface area contributed by atoms with Gasteiger partial charge < -0.3 is 14.6 Å². The molecule has 0 bridgehead atoms. The molecule has 0 spiro atoms. The Balaban J connectivity index is 1.71. The summed E-state index contributed by atoms with van der Waals surface area (Å²) < 4.78 is 14.3. The molecule has 4 rings (SSSR count). The average molecular weight is 605 g/mol. The summed E-state index contributed by atoms with van der Waals surface area (Å²) >= 11 is 3.43. The fourth-order valence-corrected chi connectivity index (χ4v) is 4.58. The van der Waals surface area contributed by atoms with Gasteiger partial charge in [0.05, 0.1) is 29.3 Å². The highest BCUT2D eigenvalue weighted by molar-refractivity contribution is 9.10. The van der Waals surface area contributed by atoms with Crippen molar-refractivity contribution < 1.29 is 19.4 Å². The molecule has 40 heavy (non-hydrogen) atoms. The van der Waals surface area contributed by atoms with Gasteiger partial charge in [-0.1, -0.05) is 41.1 Å². The van der Waals surface area contributed by atoms with E-state index < -0.39 is 5.97 Å². The largest absolute Gasteiger partial charge is 0.490 e. The summed E-state index contributed by atoms with van der Waals surface area (Å²) in [6.45, 7) is 8.44. The first-order valence-corrected chi connectivity index (χ1v) is 13.7. The van der Waals surface area contributed by atoms with Crippen LogP contribution in [-0.2, 0) is 19.4 Å². The van der Waals surface area contributed by atoms with Gasteiger partial charge >= 0.3 is 5.97 Å². The molecule has 0 saturated heterocycles. The van der Waals surface area contributed by atoms with Crippen LogP contribution in [0, 0.1) is 0 Å². The van der Waals surface area contributed by atoms with Crippen LogP contribution in [0.15, 0.2) is 81.6 Å². The van der Waals surface area contributed by atoms with Crippen LogP contribution in [-0.4, -0.2) is 33.6 Å². The Kier molecular flexibility index (Phi) is 9.50. The maximum Gasteiger partial charge on any atom is 0.335 e. The molecular formula is C31H30BrN3O5. The van der Waals surface area contributed by atoms with Gasteiger partial charge in [-0.05, 0) is 73.4 Å². The quantitative estimate of drug-likeness (QED) is 0.148. The lowest BCUT2D eigenvalue weighted by atomic mass is 10.1. The number of rotatable bonds is 12. The molecule has 4 aromatic rings. The number of carboxylic acids is 1. The number of allylic oxidation sites excluding steroid dienone is 1. The van der Waals surface area contributed by atoms with Gasteiger partial charge in [-0.25, -0.2) is 9.78 Å². The number of hydrogen-bond acceptors (Lipinski definition) is 6. The molecule has 0 aliphatic rings. The van der Waals surface area contributed by atoms with Crippen molar-refractivity contribution in [2.24, 2.45) is 5.10 Å². The Morgan fingerprint density at radius 2 is 1.90 bits per heavy atom.